The number of nitrogens with zero attached hydrogens (tertiary/aromatic N) is 5. The van der Waals surface area contributed by atoms with Gasteiger partial charge in [-0.3, -0.25) is 0 Å². The molecule has 1 aliphatic rings. The van der Waals surface area contributed by atoms with Crippen molar-refractivity contribution in [2.24, 2.45) is 0 Å². The second-order valence-electron chi connectivity index (χ2n) is 10.1. The van der Waals surface area contributed by atoms with Crippen molar-refractivity contribution >= 4 is 10.8 Å². The van der Waals surface area contributed by atoms with Gasteiger partial charge in [-0.15, -0.1) is 5.10 Å². The lowest BCUT2D eigenvalue weighted by atomic mass is 9.94. The van der Waals surface area contributed by atoms with Crippen LogP contribution in [-0.4, -0.2) is 24.8 Å². The van der Waals surface area contributed by atoms with Gasteiger partial charge in [0, 0.05) is 35.5 Å². The van der Waals surface area contributed by atoms with Gasteiger partial charge < -0.3 is 4.57 Å². The van der Waals surface area contributed by atoms with Gasteiger partial charge >= 0.3 is 0 Å². The van der Waals surface area contributed by atoms with E-state index in [1.54, 1.807) is 0 Å². The molecule has 0 unspecified atom stereocenters. The Morgan fingerprint density at radius 1 is 0.778 bits per heavy atom. The highest BCUT2D eigenvalue weighted by atomic mass is 15.5. The van der Waals surface area contributed by atoms with Crippen LogP contribution in [0, 0.1) is 6.92 Å². The van der Waals surface area contributed by atoms with Crippen LogP contribution in [0.5, 0.6) is 0 Å². The molecule has 3 aromatic carbocycles. The molecular formula is C31H33N5. The molecule has 182 valence electrons. The number of rotatable bonds is 7. The molecule has 0 radical (unpaired) electrons. The molecule has 2 heterocycles. The number of tetrazole rings is 1. The highest BCUT2D eigenvalue weighted by Crippen LogP contribution is 2.41. The van der Waals surface area contributed by atoms with Gasteiger partial charge in [0.2, 0.25) is 0 Å². The second-order valence-corrected chi connectivity index (χ2v) is 10.1. The van der Waals surface area contributed by atoms with E-state index >= 15 is 0 Å². The Hall–Kier alpha value is -3.73. The zero-order valence-electron chi connectivity index (χ0n) is 21.0. The Morgan fingerprint density at radius 3 is 2.28 bits per heavy atom. The first-order valence-electron chi connectivity index (χ1n) is 13.3. The maximum absolute atomic E-state index is 4.62. The van der Waals surface area contributed by atoms with Crippen molar-refractivity contribution in [3.05, 3.63) is 101 Å². The molecule has 0 spiro atoms. The van der Waals surface area contributed by atoms with Crippen molar-refractivity contribution in [3.8, 4) is 11.5 Å². The minimum atomic E-state index is 0.473. The summed E-state index contributed by atoms with van der Waals surface area (Å²) in [7, 11) is 0. The molecule has 6 rings (SSSR count). The van der Waals surface area contributed by atoms with Gasteiger partial charge in [-0.2, -0.15) is 0 Å². The topological polar surface area (TPSA) is 48.5 Å². The van der Waals surface area contributed by atoms with Crippen LogP contribution in [0.4, 0.5) is 0 Å². The first kappa shape index (κ1) is 22.7. The SMILES string of the molecule is Cc1ccc(Cc2c3ccccc3c(-c3nnnn3CCc3ccccc3)n2C2CCCCC2)cc1. The molecule has 0 amide bonds. The van der Waals surface area contributed by atoms with Crippen molar-refractivity contribution in [1.29, 1.82) is 0 Å². The molecule has 1 saturated carbocycles. The summed E-state index contributed by atoms with van der Waals surface area (Å²) >= 11 is 0. The van der Waals surface area contributed by atoms with Crippen molar-refractivity contribution in [2.45, 2.75) is 64.5 Å². The van der Waals surface area contributed by atoms with E-state index in [1.165, 1.54) is 71.0 Å². The summed E-state index contributed by atoms with van der Waals surface area (Å²) < 4.78 is 4.62. The third-order valence-corrected chi connectivity index (χ3v) is 7.66. The molecule has 0 aliphatic heterocycles. The van der Waals surface area contributed by atoms with Crippen LogP contribution in [0.15, 0.2) is 78.9 Å². The van der Waals surface area contributed by atoms with E-state index in [2.05, 4.69) is 106 Å². The number of benzene rings is 3. The smallest absolute Gasteiger partial charge is 0.199 e. The van der Waals surface area contributed by atoms with E-state index in [0.717, 1.165) is 25.2 Å². The predicted octanol–water partition coefficient (Wildman–Crippen LogP) is 6.94. The van der Waals surface area contributed by atoms with Crippen LogP contribution < -0.4 is 0 Å². The summed E-state index contributed by atoms with van der Waals surface area (Å²) in [5, 5.41) is 15.8. The third-order valence-electron chi connectivity index (χ3n) is 7.66. The van der Waals surface area contributed by atoms with Gasteiger partial charge in [0.25, 0.3) is 0 Å². The first-order chi connectivity index (χ1) is 17.8. The van der Waals surface area contributed by atoms with E-state index in [4.69, 9.17) is 0 Å². The number of hydrogen-bond acceptors (Lipinski definition) is 3. The van der Waals surface area contributed by atoms with E-state index in [9.17, 15) is 0 Å². The van der Waals surface area contributed by atoms with Crippen LogP contribution in [0.3, 0.4) is 0 Å². The van der Waals surface area contributed by atoms with E-state index in [0.29, 0.717) is 6.04 Å². The molecule has 0 saturated heterocycles. The van der Waals surface area contributed by atoms with Crippen LogP contribution >= 0.6 is 0 Å². The van der Waals surface area contributed by atoms with Crippen LogP contribution in [-0.2, 0) is 19.4 Å². The maximum Gasteiger partial charge on any atom is 0.199 e. The summed E-state index contributed by atoms with van der Waals surface area (Å²) in [4.78, 5) is 0. The van der Waals surface area contributed by atoms with Gasteiger partial charge in [-0.25, -0.2) is 4.68 Å². The van der Waals surface area contributed by atoms with Crippen LogP contribution in [0.1, 0.15) is 60.5 Å². The van der Waals surface area contributed by atoms with E-state index in [-0.39, 0.29) is 0 Å². The zero-order valence-corrected chi connectivity index (χ0v) is 21.0. The molecule has 0 bridgehead atoms. The van der Waals surface area contributed by atoms with Gasteiger partial charge in [-0.1, -0.05) is 104 Å². The number of aromatic nitrogens is 5. The zero-order chi connectivity index (χ0) is 24.3. The normalized spacial score (nSPS) is 14.5. The van der Waals surface area contributed by atoms with Crippen molar-refractivity contribution < 1.29 is 0 Å². The molecule has 5 aromatic rings. The largest absolute Gasteiger partial charge is 0.337 e. The minimum Gasteiger partial charge on any atom is -0.337 e. The fourth-order valence-corrected chi connectivity index (χ4v) is 5.79. The molecule has 1 aliphatic carbocycles. The average molecular weight is 476 g/mol. The Balaban J connectivity index is 1.48. The number of fused-ring (bicyclic) bond motifs is 1. The molecule has 5 nitrogen and oxygen atoms in total. The Bertz CT molecular complexity index is 1440. The lowest BCUT2D eigenvalue weighted by Crippen LogP contribution is -2.18. The number of hydrogen-bond donors (Lipinski definition) is 0. The molecule has 36 heavy (non-hydrogen) atoms. The Labute approximate surface area is 212 Å². The molecule has 0 atom stereocenters. The lowest BCUT2D eigenvalue weighted by Gasteiger charge is -2.27. The second kappa shape index (κ2) is 10.1. The molecule has 5 heteroatoms. The molecular weight excluding hydrogens is 442 g/mol. The fourth-order valence-electron chi connectivity index (χ4n) is 5.79. The van der Waals surface area contributed by atoms with Crippen molar-refractivity contribution in [3.63, 3.8) is 0 Å². The predicted molar refractivity (Wildman–Crippen MR) is 145 cm³/mol. The van der Waals surface area contributed by atoms with Gasteiger partial charge in [0.15, 0.2) is 5.82 Å². The maximum atomic E-state index is 4.62. The highest BCUT2D eigenvalue weighted by Gasteiger charge is 2.28. The summed E-state index contributed by atoms with van der Waals surface area (Å²) in [6.07, 6.45) is 8.11. The lowest BCUT2D eigenvalue weighted by molar-refractivity contribution is 0.351. The summed E-state index contributed by atoms with van der Waals surface area (Å²) in [6, 6.07) is 28.9. The minimum absolute atomic E-state index is 0.473. The standard InChI is InChI=1S/C31H33N5/c1-23-16-18-25(19-17-23)22-29-27-14-8-9-15-28(27)30(36(29)26-12-6-3-7-13-26)31-32-33-34-35(31)21-20-24-10-4-2-5-11-24/h2,4-5,8-11,14-19,26H,3,6-7,12-13,20-22H2,1H3. The highest BCUT2D eigenvalue weighted by molar-refractivity contribution is 5.97. The van der Waals surface area contributed by atoms with Gasteiger partial charge in [0.05, 0.1) is 5.69 Å². The molecule has 1 fully saturated rings. The first-order valence-corrected chi connectivity index (χ1v) is 13.3. The van der Waals surface area contributed by atoms with Crippen molar-refractivity contribution in [2.75, 3.05) is 0 Å². The van der Waals surface area contributed by atoms with Crippen LogP contribution in [0.2, 0.25) is 0 Å². The monoisotopic (exact) mass is 475 g/mol. The number of aryl methyl sites for hydroxylation is 3. The third kappa shape index (κ3) is 4.46. The Morgan fingerprint density at radius 2 is 1.50 bits per heavy atom. The van der Waals surface area contributed by atoms with E-state index < -0.39 is 0 Å². The summed E-state index contributed by atoms with van der Waals surface area (Å²) in [5.74, 6) is 0.878. The van der Waals surface area contributed by atoms with Crippen molar-refractivity contribution in [1.82, 2.24) is 24.8 Å². The Kier molecular flexibility index (Phi) is 6.37. The van der Waals surface area contributed by atoms with Gasteiger partial charge in [-0.05, 0) is 47.7 Å². The van der Waals surface area contributed by atoms with Gasteiger partial charge in [0.1, 0.15) is 0 Å². The van der Waals surface area contributed by atoms with Crippen LogP contribution in [0.25, 0.3) is 22.3 Å². The quantitative estimate of drug-likeness (QED) is 0.256. The summed E-state index contributed by atoms with van der Waals surface area (Å²) in [5.41, 5.74) is 6.50. The average Bonchev–Trinajstić information content (AvgIpc) is 3.52. The molecule has 0 N–H and O–H groups in total. The summed E-state index contributed by atoms with van der Waals surface area (Å²) in [6.45, 7) is 2.90. The fraction of sp³-hybridized carbons (Fsp3) is 0.323. The molecule has 2 aromatic heterocycles. The van der Waals surface area contributed by atoms with E-state index in [1.807, 2.05) is 4.68 Å².